The topological polar surface area (TPSA) is 95.3 Å². The smallest absolute Gasteiger partial charge is 0.193 e. The standard InChI is InChI=1S/C45H47NO9/c1-46-39-15-9-34(10-16-39)42-20-14-38(32-44(42)50-4)37-13-19-41(43(31-37)49-3)33-5-7-35(8-6-33)45(47)36-11-17-40(18-12-36)55-30-29-54-28-27-53-26-25-52-24-23-51-22-21-48-2/h5-20,31-32H,21-30H2,2-4H3. The molecule has 0 aromatic heterocycles. The number of carbonyl (C=O) groups excluding carboxylic acids is 1. The predicted octanol–water partition coefficient (Wildman–Crippen LogP) is 8.58. The highest BCUT2D eigenvalue weighted by atomic mass is 16.6. The molecule has 0 radical (unpaired) electrons. The third-order valence-electron chi connectivity index (χ3n) is 8.66. The minimum atomic E-state index is -0.0794. The summed E-state index contributed by atoms with van der Waals surface area (Å²) >= 11 is 0. The third-order valence-corrected chi connectivity index (χ3v) is 8.66. The van der Waals surface area contributed by atoms with E-state index in [9.17, 15) is 4.79 Å². The van der Waals surface area contributed by atoms with Crippen molar-refractivity contribution in [1.29, 1.82) is 0 Å². The van der Waals surface area contributed by atoms with Crippen LogP contribution in [0.4, 0.5) is 5.69 Å². The Morgan fingerprint density at radius 2 is 0.891 bits per heavy atom. The van der Waals surface area contributed by atoms with Crippen molar-refractivity contribution in [2.75, 3.05) is 87.4 Å². The molecule has 55 heavy (non-hydrogen) atoms. The first-order valence-corrected chi connectivity index (χ1v) is 18.1. The van der Waals surface area contributed by atoms with Crippen molar-refractivity contribution in [3.63, 3.8) is 0 Å². The fourth-order valence-corrected chi connectivity index (χ4v) is 5.73. The van der Waals surface area contributed by atoms with E-state index in [2.05, 4.69) is 4.85 Å². The second kappa shape index (κ2) is 22.0. The average Bonchev–Trinajstić information content (AvgIpc) is 3.24. The van der Waals surface area contributed by atoms with Crippen LogP contribution in [0.1, 0.15) is 15.9 Å². The van der Waals surface area contributed by atoms with E-state index in [0.717, 1.165) is 39.1 Å². The maximum Gasteiger partial charge on any atom is 0.193 e. The number of hydrogen-bond donors (Lipinski definition) is 0. The normalized spacial score (nSPS) is 10.9. The van der Waals surface area contributed by atoms with Crippen molar-refractivity contribution in [3.05, 3.63) is 132 Å². The van der Waals surface area contributed by atoms with Crippen molar-refractivity contribution in [3.8, 4) is 50.6 Å². The molecule has 0 amide bonds. The number of ether oxygens (including phenoxy) is 8. The average molecular weight is 746 g/mol. The molecule has 0 aliphatic heterocycles. The van der Waals surface area contributed by atoms with Gasteiger partial charge in [-0.1, -0.05) is 72.8 Å². The second-order valence-corrected chi connectivity index (χ2v) is 12.2. The second-order valence-electron chi connectivity index (χ2n) is 12.2. The van der Waals surface area contributed by atoms with E-state index < -0.39 is 0 Å². The molecule has 0 aliphatic rings. The molecular formula is C45H47NO9. The van der Waals surface area contributed by atoms with Crippen molar-refractivity contribution in [2.24, 2.45) is 0 Å². The number of ketones is 1. The molecule has 0 aliphatic carbocycles. The molecule has 0 fully saturated rings. The number of benzene rings is 5. The summed E-state index contributed by atoms with van der Waals surface area (Å²) in [5, 5.41) is 0. The van der Waals surface area contributed by atoms with Crippen LogP contribution in [0, 0.1) is 6.57 Å². The fourth-order valence-electron chi connectivity index (χ4n) is 5.73. The van der Waals surface area contributed by atoms with Gasteiger partial charge in [0.05, 0.1) is 80.3 Å². The van der Waals surface area contributed by atoms with Crippen LogP contribution < -0.4 is 14.2 Å². The summed E-state index contributed by atoms with van der Waals surface area (Å²) in [6.07, 6.45) is 0. The molecule has 5 rings (SSSR count). The van der Waals surface area contributed by atoms with Crippen LogP contribution in [-0.2, 0) is 23.7 Å². The van der Waals surface area contributed by atoms with Gasteiger partial charge >= 0.3 is 0 Å². The first kappa shape index (κ1) is 40.6. The monoisotopic (exact) mass is 745 g/mol. The SMILES string of the molecule is [C-]#[N+]c1ccc(-c2ccc(-c3ccc(-c4ccc(C(=O)c5ccc(OCCOCCOCCOCCOCCOC)cc5)cc4)c(OC)c3)cc2OC)cc1. The molecule has 5 aromatic rings. The summed E-state index contributed by atoms with van der Waals surface area (Å²) in [4.78, 5) is 16.8. The molecule has 0 bridgehead atoms. The lowest BCUT2D eigenvalue weighted by atomic mass is 9.95. The summed E-state index contributed by atoms with van der Waals surface area (Å²) in [6, 6.07) is 34.2. The number of methoxy groups -OCH3 is 3. The minimum absolute atomic E-state index is 0.0794. The molecular weight excluding hydrogens is 698 g/mol. The van der Waals surface area contributed by atoms with Crippen LogP contribution in [0.15, 0.2) is 109 Å². The lowest BCUT2D eigenvalue weighted by Gasteiger charge is -2.14. The lowest BCUT2D eigenvalue weighted by Crippen LogP contribution is -2.14. The number of hydrogen-bond acceptors (Lipinski definition) is 9. The molecule has 286 valence electrons. The van der Waals surface area contributed by atoms with Gasteiger partial charge in [0.15, 0.2) is 11.5 Å². The number of carbonyl (C=O) groups is 1. The molecule has 0 saturated carbocycles. The van der Waals surface area contributed by atoms with Gasteiger partial charge in [-0.05, 0) is 58.7 Å². The van der Waals surface area contributed by atoms with Gasteiger partial charge < -0.3 is 37.9 Å². The van der Waals surface area contributed by atoms with Crippen molar-refractivity contribution in [1.82, 2.24) is 0 Å². The van der Waals surface area contributed by atoms with Crippen molar-refractivity contribution < 1.29 is 42.7 Å². The van der Waals surface area contributed by atoms with E-state index in [4.69, 9.17) is 44.5 Å². The Balaban J connectivity index is 1.08. The maximum atomic E-state index is 13.3. The zero-order valence-corrected chi connectivity index (χ0v) is 31.6. The summed E-state index contributed by atoms with van der Waals surface area (Å²) < 4.78 is 44.1. The van der Waals surface area contributed by atoms with Gasteiger partial charge in [0, 0.05) is 29.4 Å². The molecule has 10 heteroatoms. The van der Waals surface area contributed by atoms with Crippen LogP contribution in [0.5, 0.6) is 17.2 Å². The highest BCUT2D eigenvalue weighted by molar-refractivity contribution is 6.09. The Labute approximate surface area is 323 Å². The minimum Gasteiger partial charge on any atom is -0.496 e. The molecule has 0 heterocycles. The Hall–Kier alpha value is -5.54. The Bertz CT molecular complexity index is 1970. The van der Waals surface area contributed by atoms with Crippen molar-refractivity contribution >= 4 is 11.5 Å². The number of nitrogens with zero attached hydrogens (tertiary/aromatic N) is 1. The summed E-state index contributed by atoms with van der Waals surface area (Å²) in [5.41, 5.74) is 7.45. The third kappa shape index (κ3) is 12.0. The maximum absolute atomic E-state index is 13.3. The zero-order valence-electron chi connectivity index (χ0n) is 31.6. The van der Waals surface area contributed by atoms with Gasteiger partial charge in [-0.15, -0.1) is 0 Å². The van der Waals surface area contributed by atoms with Crippen LogP contribution in [0.3, 0.4) is 0 Å². The highest BCUT2D eigenvalue weighted by Crippen LogP contribution is 2.38. The highest BCUT2D eigenvalue weighted by Gasteiger charge is 2.14. The Morgan fingerprint density at radius 1 is 0.491 bits per heavy atom. The lowest BCUT2D eigenvalue weighted by molar-refractivity contribution is -0.00978. The largest absolute Gasteiger partial charge is 0.496 e. The van der Waals surface area contributed by atoms with Gasteiger partial charge in [0.25, 0.3) is 0 Å². The zero-order chi connectivity index (χ0) is 38.7. The molecule has 0 unspecified atom stereocenters. The van der Waals surface area contributed by atoms with E-state index in [1.807, 2.05) is 72.8 Å². The van der Waals surface area contributed by atoms with E-state index in [1.165, 1.54) is 0 Å². The predicted molar refractivity (Wildman–Crippen MR) is 213 cm³/mol. The summed E-state index contributed by atoms with van der Waals surface area (Å²) in [5.74, 6) is 2.02. The van der Waals surface area contributed by atoms with Gasteiger partial charge in [-0.25, -0.2) is 4.85 Å². The van der Waals surface area contributed by atoms with Gasteiger partial charge in [-0.2, -0.15) is 0 Å². The van der Waals surface area contributed by atoms with Gasteiger partial charge in [0.1, 0.15) is 23.9 Å². The van der Waals surface area contributed by atoms with E-state index in [-0.39, 0.29) is 5.78 Å². The first-order chi connectivity index (χ1) is 27.0. The molecule has 0 spiro atoms. The van der Waals surface area contributed by atoms with Crippen LogP contribution >= 0.6 is 0 Å². The molecule has 5 aromatic carbocycles. The molecule has 0 atom stereocenters. The molecule has 0 saturated heterocycles. The molecule has 10 nitrogen and oxygen atoms in total. The Morgan fingerprint density at radius 3 is 1.33 bits per heavy atom. The van der Waals surface area contributed by atoms with Crippen LogP contribution in [-0.4, -0.2) is 93.2 Å². The van der Waals surface area contributed by atoms with E-state index in [0.29, 0.717) is 94.4 Å². The molecule has 0 N–H and O–H groups in total. The van der Waals surface area contributed by atoms with Gasteiger partial charge in [0.2, 0.25) is 0 Å². The fraction of sp³-hybridized carbons (Fsp3) is 0.289. The summed E-state index contributed by atoms with van der Waals surface area (Å²) in [7, 11) is 4.94. The van der Waals surface area contributed by atoms with Crippen molar-refractivity contribution in [2.45, 2.75) is 0 Å². The van der Waals surface area contributed by atoms with Crippen LogP contribution in [0.2, 0.25) is 0 Å². The number of rotatable bonds is 23. The van der Waals surface area contributed by atoms with Crippen LogP contribution in [0.25, 0.3) is 38.2 Å². The van der Waals surface area contributed by atoms with E-state index in [1.54, 1.807) is 57.7 Å². The van der Waals surface area contributed by atoms with E-state index >= 15 is 0 Å². The Kier molecular flexibility index (Phi) is 16.2. The quantitative estimate of drug-likeness (QED) is 0.0370. The first-order valence-electron chi connectivity index (χ1n) is 18.1. The summed E-state index contributed by atoms with van der Waals surface area (Å²) in [6.45, 7) is 12.1. The van der Waals surface area contributed by atoms with Gasteiger partial charge in [-0.3, -0.25) is 4.79 Å².